The molecule has 0 spiro atoms. The van der Waals surface area contributed by atoms with Crippen LogP contribution in [0, 0.1) is 0 Å². The first-order valence-electron chi connectivity index (χ1n) is 8.84. The fraction of sp³-hybridized carbons (Fsp3) is 0.938. The molecule has 0 aromatic carbocycles. The number of nitrogens with one attached hydrogen (secondary N) is 1. The predicted octanol–water partition coefficient (Wildman–Crippen LogP) is 0.646. The number of carbonyl (C=O) groups is 1. The van der Waals surface area contributed by atoms with Crippen LogP contribution in [-0.2, 0) is 9.53 Å². The van der Waals surface area contributed by atoms with Gasteiger partial charge in [0.15, 0.2) is 0 Å². The van der Waals surface area contributed by atoms with Crippen LogP contribution in [0.15, 0.2) is 0 Å². The van der Waals surface area contributed by atoms with E-state index in [1.54, 1.807) is 6.92 Å². The number of carbonyl (C=O) groups excluding carboxylic acids is 1. The van der Waals surface area contributed by atoms with Gasteiger partial charge in [-0.05, 0) is 19.3 Å². The van der Waals surface area contributed by atoms with E-state index in [2.05, 4.69) is 15.3 Å². The Kier molecular flexibility index (Phi) is 5.68. The molecule has 2 unspecified atom stereocenters. The summed E-state index contributed by atoms with van der Waals surface area (Å²) in [5.41, 5.74) is 3.50. The van der Waals surface area contributed by atoms with Gasteiger partial charge in [-0.3, -0.25) is 9.69 Å². The second-order valence-corrected chi connectivity index (χ2v) is 6.77. The van der Waals surface area contributed by atoms with E-state index in [4.69, 9.17) is 4.74 Å². The van der Waals surface area contributed by atoms with Crippen molar-refractivity contribution in [2.24, 2.45) is 0 Å². The Morgan fingerprint density at radius 1 is 1.18 bits per heavy atom. The molecule has 1 amide bonds. The van der Waals surface area contributed by atoms with Crippen LogP contribution in [-0.4, -0.2) is 78.9 Å². The van der Waals surface area contributed by atoms with Crippen LogP contribution < -0.4 is 5.43 Å². The molecule has 126 valence electrons. The third-order valence-electron chi connectivity index (χ3n) is 5.18. The van der Waals surface area contributed by atoms with Crippen molar-refractivity contribution in [3.8, 4) is 0 Å². The number of piperazine rings is 1. The van der Waals surface area contributed by atoms with Gasteiger partial charge in [0.25, 0.3) is 0 Å². The fourth-order valence-electron chi connectivity index (χ4n) is 3.81. The van der Waals surface area contributed by atoms with E-state index in [1.165, 1.54) is 25.8 Å². The molecule has 0 aliphatic carbocycles. The number of amides is 1. The number of fused-ring (bicyclic) bond motifs is 1. The van der Waals surface area contributed by atoms with Crippen LogP contribution in [0.4, 0.5) is 0 Å². The highest BCUT2D eigenvalue weighted by Gasteiger charge is 2.33. The van der Waals surface area contributed by atoms with Gasteiger partial charge in [-0.25, -0.2) is 10.4 Å². The van der Waals surface area contributed by atoms with Crippen molar-refractivity contribution in [3.05, 3.63) is 0 Å². The fourth-order valence-corrected chi connectivity index (χ4v) is 3.81. The Morgan fingerprint density at radius 2 is 2.00 bits per heavy atom. The first-order chi connectivity index (χ1) is 10.7. The van der Waals surface area contributed by atoms with Gasteiger partial charge >= 0.3 is 0 Å². The van der Waals surface area contributed by atoms with Crippen LogP contribution in [0.3, 0.4) is 0 Å². The standard InChI is InChI=1S/C16H30N4O2/c1-14(21)19-10-8-18(9-11-19)6-4-12-22-16-13-15-5-2-3-7-20(15)17-16/h15-17H,2-13H2,1H3. The molecule has 0 aromatic heterocycles. The van der Waals surface area contributed by atoms with Gasteiger partial charge in [-0.1, -0.05) is 6.42 Å². The number of nitrogens with zero attached hydrogens (tertiary/aromatic N) is 3. The summed E-state index contributed by atoms with van der Waals surface area (Å²) >= 11 is 0. The van der Waals surface area contributed by atoms with Crippen LogP contribution in [0.1, 0.15) is 39.0 Å². The third kappa shape index (κ3) is 4.19. The summed E-state index contributed by atoms with van der Waals surface area (Å²) in [5, 5.41) is 2.38. The number of ether oxygens (including phenoxy) is 1. The molecule has 3 rings (SSSR count). The zero-order chi connectivity index (χ0) is 15.4. The quantitative estimate of drug-likeness (QED) is 0.756. The normalized spacial score (nSPS) is 30.5. The minimum Gasteiger partial charge on any atom is -0.362 e. The van der Waals surface area contributed by atoms with E-state index in [0.717, 1.165) is 52.2 Å². The summed E-state index contributed by atoms with van der Waals surface area (Å²) in [6.45, 7) is 8.47. The molecule has 3 saturated heterocycles. The minimum atomic E-state index is 0.201. The molecule has 6 heteroatoms. The molecule has 1 N–H and O–H groups in total. The monoisotopic (exact) mass is 310 g/mol. The summed E-state index contributed by atoms with van der Waals surface area (Å²) in [7, 11) is 0. The first-order valence-corrected chi connectivity index (χ1v) is 8.84. The van der Waals surface area contributed by atoms with Crippen molar-refractivity contribution >= 4 is 5.91 Å². The van der Waals surface area contributed by atoms with Gasteiger partial charge in [0.05, 0.1) is 0 Å². The Labute approximate surface area is 133 Å². The van der Waals surface area contributed by atoms with Gasteiger partial charge in [0.1, 0.15) is 6.23 Å². The number of hydrogen-bond donors (Lipinski definition) is 1. The SMILES string of the molecule is CC(=O)N1CCN(CCCOC2CC3CCCCN3N2)CC1. The number of hydrogen-bond acceptors (Lipinski definition) is 5. The summed E-state index contributed by atoms with van der Waals surface area (Å²) in [5.74, 6) is 0.201. The zero-order valence-corrected chi connectivity index (χ0v) is 13.8. The van der Waals surface area contributed by atoms with Crippen LogP contribution >= 0.6 is 0 Å². The summed E-state index contributed by atoms with van der Waals surface area (Å²) in [6, 6.07) is 0.693. The average Bonchev–Trinajstić information content (AvgIpc) is 2.95. The molecule has 22 heavy (non-hydrogen) atoms. The smallest absolute Gasteiger partial charge is 0.219 e. The average molecular weight is 310 g/mol. The summed E-state index contributed by atoms with van der Waals surface area (Å²) in [6.07, 6.45) is 6.41. The lowest BCUT2D eigenvalue weighted by molar-refractivity contribution is -0.130. The first kappa shape index (κ1) is 16.2. The molecular formula is C16H30N4O2. The van der Waals surface area contributed by atoms with Gasteiger partial charge in [-0.15, -0.1) is 0 Å². The molecule has 6 nitrogen and oxygen atoms in total. The lowest BCUT2D eigenvalue weighted by Gasteiger charge is -2.34. The maximum absolute atomic E-state index is 11.3. The van der Waals surface area contributed by atoms with Gasteiger partial charge in [0.2, 0.25) is 5.91 Å². The second kappa shape index (κ2) is 7.73. The molecule has 3 aliphatic heterocycles. The highest BCUT2D eigenvalue weighted by molar-refractivity contribution is 5.73. The molecule has 3 heterocycles. The number of hydrazine groups is 1. The second-order valence-electron chi connectivity index (χ2n) is 6.77. The molecule has 3 fully saturated rings. The van der Waals surface area contributed by atoms with Crippen LogP contribution in [0.25, 0.3) is 0 Å². The van der Waals surface area contributed by atoms with Crippen LogP contribution in [0.5, 0.6) is 0 Å². The largest absolute Gasteiger partial charge is 0.362 e. The molecule has 0 aromatic rings. The maximum Gasteiger partial charge on any atom is 0.219 e. The molecule has 0 saturated carbocycles. The molecule has 2 atom stereocenters. The zero-order valence-electron chi connectivity index (χ0n) is 13.8. The van der Waals surface area contributed by atoms with Crippen molar-refractivity contribution in [1.29, 1.82) is 0 Å². The van der Waals surface area contributed by atoms with Gasteiger partial charge in [0, 0.05) is 65.3 Å². The highest BCUT2D eigenvalue weighted by Crippen LogP contribution is 2.25. The van der Waals surface area contributed by atoms with E-state index < -0.39 is 0 Å². The van der Waals surface area contributed by atoms with Crippen molar-refractivity contribution in [2.75, 3.05) is 45.9 Å². The van der Waals surface area contributed by atoms with E-state index in [-0.39, 0.29) is 12.1 Å². The Hall–Kier alpha value is -0.690. The maximum atomic E-state index is 11.3. The van der Waals surface area contributed by atoms with E-state index in [1.807, 2.05) is 4.90 Å². The van der Waals surface area contributed by atoms with E-state index in [9.17, 15) is 4.79 Å². The van der Waals surface area contributed by atoms with Crippen molar-refractivity contribution in [2.45, 2.75) is 51.3 Å². The Bertz CT molecular complexity index is 357. The van der Waals surface area contributed by atoms with E-state index in [0.29, 0.717) is 6.04 Å². The molecule has 0 bridgehead atoms. The molecular weight excluding hydrogens is 280 g/mol. The number of rotatable bonds is 5. The van der Waals surface area contributed by atoms with Crippen molar-refractivity contribution in [3.63, 3.8) is 0 Å². The third-order valence-corrected chi connectivity index (χ3v) is 5.18. The summed E-state index contributed by atoms with van der Waals surface area (Å²) in [4.78, 5) is 15.7. The lowest BCUT2D eigenvalue weighted by Crippen LogP contribution is -2.48. The minimum absolute atomic E-state index is 0.201. The van der Waals surface area contributed by atoms with Crippen molar-refractivity contribution in [1.82, 2.24) is 20.2 Å². The topological polar surface area (TPSA) is 48.1 Å². The predicted molar refractivity (Wildman–Crippen MR) is 85.1 cm³/mol. The Balaban J connectivity index is 1.26. The lowest BCUT2D eigenvalue weighted by atomic mass is 10.0. The highest BCUT2D eigenvalue weighted by atomic mass is 16.5. The van der Waals surface area contributed by atoms with Gasteiger partial charge < -0.3 is 9.64 Å². The van der Waals surface area contributed by atoms with Gasteiger partial charge in [-0.2, -0.15) is 0 Å². The van der Waals surface area contributed by atoms with Crippen LogP contribution in [0.2, 0.25) is 0 Å². The van der Waals surface area contributed by atoms with E-state index >= 15 is 0 Å². The molecule has 0 radical (unpaired) electrons. The Morgan fingerprint density at radius 3 is 2.73 bits per heavy atom. The van der Waals surface area contributed by atoms with Crippen molar-refractivity contribution < 1.29 is 9.53 Å². The number of piperidine rings is 1. The molecule has 3 aliphatic rings. The summed E-state index contributed by atoms with van der Waals surface area (Å²) < 4.78 is 6.00.